The average molecular weight is 614 g/mol. The van der Waals surface area contributed by atoms with E-state index in [1.165, 1.54) is 22.7 Å². The molecule has 1 aromatic carbocycles. The van der Waals surface area contributed by atoms with E-state index < -0.39 is 17.8 Å². The lowest BCUT2D eigenvalue weighted by atomic mass is 9.88. The van der Waals surface area contributed by atoms with E-state index in [0.717, 1.165) is 51.7 Å². The Morgan fingerprint density at radius 3 is 2.63 bits per heavy atom. The summed E-state index contributed by atoms with van der Waals surface area (Å²) in [6.45, 7) is 6.39. The normalized spacial score (nSPS) is 14.8. The van der Waals surface area contributed by atoms with Gasteiger partial charge in [-0.25, -0.2) is 9.59 Å². The molecule has 4 rings (SSSR count). The zero-order valence-electron chi connectivity index (χ0n) is 23.1. The number of rotatable bonds is 10. The Hall–Kier alpha value is -3.40. The molecule has 0 saturated carbocycles. The van der Waals surface area contributed by atoms with Gasteiger partial charge < -0.3 is 19.4 Å². The molecule has 1 N–H and O–H groups in total. The van der Waals surface area contributed by atoms with Crippen molar-refractivity contribution in [1.82, 2.24) is 4.57 Å². The van der Waals surface area contributed by atoms with Crippen molar-refractivity contribution >= 4 is 73.4 Å². The lowest BCUT2D eigenvalue weighted by molar-refractivity contribution is -0.115. The highest BCUT2D eigenvalue weighted by Crippen LogP contribution is 2.40. The van der Waals surface area contributed by atoms with Crippen LogP contribution in [0.5, 0.6) is 0 Å². The molecule has 0 bridgehead atoms. The molecule has 2 amide bonds. The van der Waals surface area contributed by atoms with Gasteiger partial charge in [-0.05, 0) is 62.8 Å². The highest BCUT2D eigenvalue weighted by Gasteiger charge is 2.29. The summed E-state index contributed by atoms with van der Waals surface area (Å²) in [5.74, 6) is 1.51. The monoisotopic (exact) mass is 613 g/mol. The van der Waals surface area contributed by atoms with E-state index in [1.807, 2.05) is 0 Å². The van der Waals surface area contributed by atoms with Gasteiger partial charge in [0.2, 0.25) is 5.91 Å². The fraction of sp³-hybridized carbons (Fsp3) is 0.414. The van der Waals surface area contributed by atoms with E-state index in [2.05, 4.69) is 23.2 Å². The predicted molar refractivity (Wildman–Crippen MR) is 163 cm³/mol. The summed E-state index contributed by atoms with van der Waals surface area (Å²) in [6.07, 6.45) is 8.18. The van der Waals surface area contributed by atoms with E-state index in [-0.39, 0.29) is 37.2 Å². The van der Waals surface area contributed by atoms with Crippen LogP contribution in [0.25, 0.3) is 10.2 Å². The molecule has 1 unspecified atom stereocenters. The molecule has 1 aliphatic carbocycles. The van der Waals surface area contributed by atoms with E-state index in [1.54, 1.807) is 36.6 Å². The second-order valence-electron chi connectivity index (χ2n) is 9.40. The maximum Gasteiger partial charge on any atom is 0.341 e. The van der Waals surface area contributed by atoms with Crippen molar-refractivity contribution in [3.05, 3.63) is 44.6 Å². The van der Waals surface area contributed by atoms with E-state index in [4.69, 9.17) is 15.9 Å². The van der Waals surface area contributed by atoms with Crippen LogP contribution in [-0.2, 0) is 38.4 Å². The van der Waals surface area contributed by atoms with Crippen molar-refractivity contribution < 1.29 is 28.7 Å². The van der Waals surface area contributed by atoms with Crippen LogP contribution in [0, 0.1) is 18.3 Å². The molecular weight excluding hydrogens is 583 g/mol. The van der Waals surface area contributed by atoms with Crippen LogP contribution in [0.2, 0.25) is 0 Å². The number of benzene rings is 1. The number of hydrogen-bond acceptors (Lipinski definition) is 9. The minimum absolute atomic E-state index is 0.0160. The fourth-order valence-corrected chi connectivity index (χ4v) is 7.63. The van der Waals surface area contributed by atoms with Gasteiger partial charge in [0.1, 0.15) is 5.00 Å². The Kier molecular flexibility index (Phi) is 10.4. The van der Waals surface area contributed by atoms with Crippen molar-refractivity contribution in [2.75, 3.05) is 30.0 Å². The number of esters is 2. The van der Waals surface area contributed by atoms with E-state index in [0.29, 0.717) is 26.8 Å². The number of fused-ring (bicyclic) bond motifs is 2. The minimum Gasteiger partial charge on any atom is -0.462 e. The highest BCUT2D eigenvalue weighted by molar-refractivity contribution is 8.00. The maximum absolute atomic E-state index is 12.8. The Balaban J connectivity index is 1.43. The van der Waals surface area contributed by atoms with Gasteiger partial charge in [0, 0.05) is 4.88 Å². The highest BCUT2D eigenvalue weighted by atomic mass is 32.2. The van der Waals surface area contributed by atoms with Gasteiger partial charge in [0.25, 0.3) is 5.91 Å². The van der Waals surface area contributed by atoms with Gasteiger partial charge in [0.15, 0.2) is 4.80 Å². The summed E-state index contributed by atoms with van der Waals surface area (Å²) in [5.41, 5.74) is 2.59. The molecule has 216 valence electrons. The van der Waals surface area contributed by atoms with Crippen molar-refractivity contribution in [2.24, 2.45) is 10.9 Å². The quantitative estimate of drug-likeness (QED) is 0.261. The van der Waals surface area contributed by atoms with E-state index in [9.17, 15) is 19.2 Å². The van der Waals surface area contributed by atoms with E-state index >= 15 is 0 Å². The molecular formula is C29H31N3O6S3. The molecule has 0 aliphatic heterocycles. The molecule has 2 heterocycles. The molecule has 0 spiro atoms. The number of carbonyl (C=O) groups is 4. The first-order valence-electron chi connectivity index (χ1n) is 13.3. The molecule has 41 heavy (non-hydrogen) atoms. The number of hydrogen-bond donors (Lipinski definition) is 1. The van der Waals surface area contributed by atoms with Gasteiger partial charge in [0.05, 0.1) is 52.6 Å². The van der Waals surface area contributed by atoms with Crippen molar-refractivity contribution in [3.8, 4) is 12.3 Å². The standard InChI is InChI=1S/C29H31N3O6S3/c1-5-12-32-20-11-9-18(27(35)37-6-2)14-22(20)41-29(32)31-24(34)16-39-15-23(33)30-26-25(28(36)38-7-3)19-10-8-17(4)13-21(19)40-26/h1,9,11,14,17H,6-8,10,12-13,15-16H2,2-4H3,(H,30,33). The summed E-state index contributed by atoms with van der Waals surface area (Å²) >= 11 is 3.81. The van der Waals surface area contributed by atoms with Gasteiger partial charge in [-0.2, -0.15) is 4.99 Å². The molecule has 0 saturated heterocycles. The molecule has 1 atom stereocenters. The smallest absolute Gasteiger partial charge is 0.341 e. The number of terminal acetylenes is 1. The lowest BCUT2D eigenvalue weighted by Gasteiger charge is -2.18. The Morgan fingerprint density at radius 1 is 1.15 bits per heavy atom. The van der Waals surface area contributed by atoms with Crippen LogP contribution < -0.4 is 10.1 Å². The zero-order valence-corrected chi connectivity index (χ0v) is 25.6. The topological polar surface area (TPSA) is 116 Å². The van der Waals surface area contributed by atoms with Crippen LogP contribution in [0.1, 0.15) is 58.3 Å². The Bertz CT molecular complexity index is 1590. The molecule has 3 aromatic rings. The number of nitrogens with zero attached hydrogens (tertiary/aromatic N) is 2. The second kappa shape index (κ2) is 14.0. The third kappa shape index (κ3) is 7.28. The van der Waals surface area contributed by atoms with Gasteiger partial charge >= 0.3 is 11.9 Å². The maximum atomic E-state index is 12.8. The first kappa shape index (κ1) is 30.6. The second-order valence-corrected chi connectivity index (χ2v) is 12.5. The third-order valence-electron chi connectivity index (χ3n) is 6.37. The Labute approximate surface area is 250 Å². The third-order valence-corrected chi connectivity index (χ3v) is 9.49. The number of nitrogens with one attached hydrogen (secondary N) is 1. The summed E-state index contributed by atoms with van der Waals surface area (Å²) in [7, 11) is 0. The number of thiophene rings is 1. The molecule has 1 aliphatic rings. The van der Waals surface area contributed by atoms with Gasteiger partial charge in [-0.15, -0.1) is 29.5 Å². The van der Waals surface area contributed by atoms with Crippen molar-refractivity contribution in [3.63, 3.8) is 0 Å². The summed E-state index contributed by atoms with van der Waals surface area (Å²) in [6, 6.07) is 5.10. The number of anilines is 1. The molecule has 0 radical (unpaired) electrons. The van der Waals surface area contributed by atoms with Gasteiger partial charge in [-0.3, -0.25) is 9.59 Å². The molecule has 0 fully saturated rings. The fourth-order valence-electron chi connectivity index (χ4n) is 4.53. The van der Waals surface area contributed by atoms with Crippen LogP contribution in [0.3, 0.4) is 0 Å². The number of carbonyl (C=O) groups excluding carboxylic acids is 4. The van der Waals surface area contributed by atoms with Gasteiger partial charge in [-0.1, -0.05) is 24.2 Å². The summed E-state index contributed by atoms with van der Waals surface area (Å²) in [5, 5.41) is 3.37. The molecule has 9 nitrogen and oxygen atoms in total. The average Bonchev–Trinajstić information content (AvgIpc) is 3.45. The van der Waals surface area contributed by atoms with Crippen molar-refractivity contribution in [1.29, 1.82) is 0 Å². The molecule has 2 aromatic heterocycles. The first-order valence-corrected chi connectivity index (χ1v) is 16.0. The Morgan fingerprint density at radius 2 is 1.90 bits per heavy atom. The number of amides is 2. The summed E-state index contributed by atoms with van der Waals surface area (Å²) < 4.78 is 12.8. The number of ether oxygens (including phenoxy) is 2. The minimum atomic E-state index is -0.429. The lowest BCUT2D eigenvalue weighted by Crippen LogP contribution is -2.19. The molecule has 12 heteroatoms. The van der Waals surface area contributed by atoms with Crippen molar-refractivity contribution in [2.45, 2.75) is 46.6 Å². The van der Waals surface area contributed by atoms with Crippen LogP contribution >= 0.6 is 34.4 Å². The zero-order chi connectivity index (χ0) is 29.5. The van der Waals surface area contributed by atoms with Crippen LogP contribution in [0.4, 0.5) is 5.00 Å². The predicted octanol–water partition coefficient (Wildman–Crippen LogP) is 4.67. The SMILES string of the molecule is C#CCn1c(=NC(=O)CSCC(=O)Nc2sc3c(c2C(=O)OCC)CCC(C)C3)sc2cc(C(=O)OCC)ccc21. The summed E-state index contributed by atoms with van der Waals surface area (Å²) in [4.78, 5) is 56.1. The number of aromatic nitrogens is 1. The van der Waals surface area contributed by atoms with Crippen LogP contribution in [-0.4, -0.2) is 53.0 Å². The first-order chi connectivity index (χ1) is 19.7. The number of thioether (sulfide) groups is 1. The van der Waals surface area contributed by atoms with Crippen LogP contribution in [0.15, 0.2) is 23.2 Å². The largest absolute Gasteiger partial charge is 0.462 e. The number of thiazole rings is 1.